The molecule has 108 valence electrons. The van der Waals surface area contributed by atoms with E-state index < -0.39 is 6.10 Å². The first-order chi connectivity index (χ1) is 8.72. The van der Waals surface area contributed by atoms with E-state index in [2.05, 4.69) is 52.1 Å². The van der Waals surface area contributed by atoms with Crippen molar-refractivity contribution in [3.8, 4) is 0 Å². The van der Waals surface area contributed by atoms with Gasteiger partial charge in [-0.15, -0.1) is 0 Å². The van der Waals surface area contributed by atoms with E-state index in [1.807, 2.05) is 7.05 Å². The lowest BCUT2D eigenvalue weighted by Crippen LogP contribution is -2.36. The van der Waals surface area contributed by atoms with Gasteiger partial charge in [-0.2, -0.15) is 0 Å². The van der Waals surface area contributed by atoms with E-state index >= 15 is 0 Å². The number of hydrogen-bond acceptors (Lipinski definition) is 3. The molecule has 0 amide bonds. The number of benzene rings is 1. The second-order valence-corrected chi connectivity index (χ2v) is 6.34. The highest BCUT2D eigenvalue weighted by Gasteiger charge is 2.23. The fraction of sp³-hybridized carbons (Fsp3) is 0.625. The Morgan fingerprint density at radius 2 is 1.68 bits per heavy atom. The summed E-state index contributed by atoms with van der Waals surface area (Å²) in [7, 11) is 1.86. The van der Waals surface area contributed by atoms with Crippen LogP contribution in [0.3, 0.4) is 0 Å². The average Bonchev–Trinajstić information content (AvgIpc) is 2.31. The third kappa shape index (κ3) is 3.56. The normalized spacial score (nSPS) is 15.4. The van der Waals surface area contributed by atoms with Gasteiger partial charge in [0.15, 0.2) is 0 Å². The van der Waals surface area contributed by atoms with E-state index in [0.717, 1.165) is 5.56 Å². The monoisotopic (exact) mass is 264 g/mol. The Hall–Kier alpha value is -0.900. The number of aryl methyl sites for hydroxylation is 2. The fourth-order valence-electron chi connectivity index (χ4n) is 2.56. The molecule has 0 fully saturated rings. The molecule has 0 bridgehead atoms. The van der Waals surface area contributed by atoms with Crippen molar-refractivity contribution in [2.75, 3.05) is 13.6 Å². The molecular weight excluding hydrogens is 236 g/mol. The Balaban J connectivity index is 3.30. The van der Waals surface area contributed by atoms with Gasteiger partial charge in [-0.25, -0.2) is 0 Å². The van der Waals surface area contributed by atoms with Crippen molar-refractivity contribution in [3.63, 3.8) is 0 Å². The van der Waals surface area contributed by atoms with Crippen LogP contribution >= 0.6 is 0 Å². The maximum absolute atomic E-state index is 10.1. The molecule has 0 heterocycles. The Morgan fingerprint density at radius 1 is 1.21 bits per heavy atom. The largest absolute Gasteiger partial charge is 0.390 e. The number of nitrogens with two attached hydrogens (primary N) is 1. The summed E-state index contributed by atoms with van der Waals surface area (Å²) in [4.78, 5) is 0. The van der Waals surface area contributed by atoms with Gasteiger partial charge in [0.25, 0.3) is 0 Å². The lowest BCUT2D eigenvalue weighted by molar-refractivity contribution is 0.138. The zero-order chi connectivity index (χ0) is 14.8. The number of nitrogens with one attached hydrogen (secondary N) is 1. The van der Waals surface area contributed by atoms with Crippen molar-refractivity contribution in [1.82, 2.24) is 5.32 Å². The van der Waals surface area contributed by atoms with E-state index in [0.29, 0.717) is 0 Å². The first kappa shape index (κ1) is 16.2. The van der Waals surface area contributed by atoms with Crippen molar-refractivity contribution in [3.05, 3.63) is 34.4 Å². The lowest BCUT2D eigenvalue weighted by Gasteiger charge is -2.28. The van der Waals surface area contributed by atoms with E-state index in [9.17, 15) is 5.11 Å². The van der Waals surface area contributed by atoms with Crippen molar-refractivity contribution in [1.29, 1.82) is 0 Å². The van der Waals surface area contributed by atoms with Crippen LogP contribution in [0.25, 0.3) is 0 Å². The van der Waals surface area contributed by atoms with Crippen molar-refractivity contribution in [2.24, 2.45) is 5.73 Å². The molecule has 19 heavy (non-hydrogen) atoms. The molecule has 0 saturated heterocycles. The molecule has 0 saturated carbocycles. The molecule has 4 N–H and O–H groups in total. The van der Waals surface area contributed by atoms with Gasteiger partial charge in [0.2, 0.25) is 0 Å². The van der Waals surface area contributed by atoms with E-state index in [1.165, 1.54) is 16.7 Å². The maximum Gasteiger partial charge on any atom is 0.0856 e. The molecule has 2 unspecified atom stereocenters. The average molecular weight is 264 g/mol. The van der Waals surface area contributed by atoms with Crippen LogP contribution in [0.5, 0.6) is 0 Å². The van der Waals surface area contributed by atoms with E-state index in [-0.39, 0.29) is 18.0 Å². The van der Waals surface area contributed by atoms with Gasteiger partial charge in [-0.05, 0) is 48.6 Å². The molecule has 1 rings (SSSR count). The maximum atomic E-state index is 10.1. The molecule has 1 aromatic rings. The molecular formula is C16H28N2O. The molecule has 3 nitrogen and oxygen atoms in total. The minimum absolute atomic E-state index is 0.112. The lowest BCUT2D eigenvalue weighted by atomic mass is 9.82. The highest BCUT2D eigenvalue weighted by atomic mass is 16.3. The van der Waals surface area contributed by atoms with Crippen LogP contribution in [0.4, 0.5) is 0 Å². The molecule has 1 aromatic carbocycles. The topological polar surface area (TPSA) is 58.3 Å². The summed E-state index contributed by atoms with van der Waals surface area (Å²) in [6.07, 6.45) is -0.567. The summed E-state index contributed by atoms with van der Waals surface area (Å²) in [6.45, 7) is 11.1. The minimum Gasteiger partial charge on any atom is -0.390 e. The van der Waals surface area contributed by atoms with Crippen LogP contribution in [-0.2, 0) is 5.41 Å². The van der Waals surface area contributed by atoms with Gasteiger partial charge in [0, 0.05) is 6.54 Å². The van der Waals surface area contributed by atoms with Gasteiger partial charge in [0.1, 0.15) is 0 Å². The second-order valence-electron chi connectivity index (χ2n) is 6.34. The second kappa shape index (κ2) is 6.04. The standard InChI is InChI=1S/C16H28N2O/c1-10-7-12(16(3,4)5)8-11(2)14(10)15(18-6)13(19)9-17/h7-8,13,15,18-19H,9,17H2,1-6H3. The van der Waals surface area contributed by atoms with Gasteiger partial charge in [0.05, 0.1) is 12.1 Å². The summed E-state index contributed by atoms with van der Waals surface area (Å²) in [6, 6.07) is 4.32. The SMILES string of the molecule is CNC(c1c(C)cc(C(C)(C)C)cc1C)C(O)CN. The molecule has 0 aromatic heterocycles. The van der Waals surface area contributed by atoms with E-state index in [1.54, 1.807) is 0 Å². The minimum atomic E-state index is -0.567. The molecule has 0 aliphatic carbocycles. The first-order valence-electron chi connectivity index (χ1n) is 6.89. The number of rotatable bonds is 4. The number of hydrogen-bond donors (Lipinski definition) is 3. The molecule has 0 radical (unpaired) electrons. The van der Waals surface area contributed by atoms with Crippen LogP contribution in [0.15, 0.2) is 12.1 Å². The zero-order valence-corrected chi connectivity index (χ0v) is 13.0. The van der Waals surface area contributed by atoms with Gasteiger partial charge in [-0.1, -0.05) is 32.9 Å². The highest BCUT2D eigenvalue weighted by Crippen LogP contribution is 2.30. The summed E-state index contributed by atoms with van der Waals surface area (Å²) < 4.78 is 0. The molecule has 0 spiro atoms. The molecule has 2 atom stereocenters. The summed E-state index contributed by atoms with van der Waals surface area (Å²) >= 11 is 0. The summed E-state index contributed by atoms with van der Waals surface area (Å²) in [5.41, 5.74) is 10.6. The Bertz CT molecular complexity index is 412. The summed E-state index contributed by atoms with van der Waals surface area (Å²) in [5.74, 6) is 0. The molecule has 0 aliphatic rings. The van der Waals surface area contributed by atoms with Crippen LogP contribution in [0, 0.1) is 13.8 Å². The van der Waals surface area contributed by atoms with Crippen LogP contribution in [0.1, 0.15) is 49.1 Å². The van der Waals surface area contributed by atoms with Crippen LogP contribution in [-0.4, -0.2) is 24.8 Å². The number of aliphatic hydroxyl groups excluding tert-OH is 1. The Kier molecular flexibility index (Phi) is 5.13. The van der Waals surface area contributed by atoms with Crippen LogP contribution in [0.2, 0.25) is 0 Å². The molecule has 0 aliphatic heterocycles. The Morgan fingerprint density at radius 3 is 2.00 bits per heavy atom. The van der Waals surface area contributed by atoms with E-state index in [4.69, 9.17) is 5.73 Å². The predicted molar refractivity (Wildman–Crippen MR) is 81.5 cm³/mol. The van der Waals surface area contributed by atoms with Gasteiger partial charge < -0.3 is 16.2 Å². The van der Waals surface area contributed by atoms with Gasteiger partial charge >= 0.3 is 0 Å². The zero-order valence-electron chi connectivity index (χ0n) is 13.0. The fourth-order valence-corrected chi connectivity index (χ4v) is 2.56. The Labute approximate surface area is 117 Å². The van der Waals surface area contributed by atoms with Crippen molar-refractivity contribution >= 4 is 0 Å². The first-order valence-corrected chi connectivity index (χ1v) is 6.89. The third-order valence-corrected chi connectivity index (χ3v) is 3.71. The quantitative estimate of drug-likeness (QED) is 0.781. The highest BCUT2D eigenvalue weighted by molar-refractivity contribution is 5.42. The van der Waals surface area contributed by atoms with Crippen molar-refractivity contribution < 1.29 is 5.11 Å². The summed E-state index contributed by atoms with van der Waals surface area (Å²) in [5, 5.41) is 13.2. The third-order valence-electron chi connectivity index (χ3n) is 3.71. The number of aliphatic hydroxyl groups is 1. The molecule has 3 heteroatoms. The number of likely N-dealkylation sites (N-methyl/N-ethyl adjacent to an activating group) is 1. The van der Waals surface area contributed by atoms with Crippen molar-refractivity contribution in [2.45, 2.75) is 52.2 Å². The van der Waals surface area contributed by atoms with Crippen LogP contribution < -0.4 is 11.1 Å². The smallest absolute Gasteiger partial charge is 0.0856 e. The predicted octanol–water partition coefficient (Wildman–Crippen LogP) is 2.18. The van der Waals surface area contributed by atoms with Gasteiger partial charge in [-0.3, -0.25) is 0 Å².